The van der Waals surface area contributed by atoms with Crippen molar-refractivity contribution < 1.29 is 14.0 Å². The average molecular weight is 287 g/mol. The summed E-state index contributed by atoms with van der Waals surface area (Å²) in [6.07, 6.45) is 0. The van der Waals surface area contributed by atoms with E-state index in [4.69, 9.17) is 16.3 Å². The topological polar surface area (TPSA) is 90.7 Å². The number of carbonyl (C=O) groups excluding carboxylic acids is 1. The predicted molar refractivity (Wildman–Crippen MR) is 76.9 cm³/mol. The number of oxime groups is 1. The third kappa shape index (κ3) is 4.04. The normalized spacial score (nSPS) is 11.2. The zero-order valence-corrected chi connectivity index (χ0v) is 11.1. The number of benzene rings is 2. The van der Waals surface area contributed by atoms with Crippen molar-refractivity contribution >= 4 is 11.7 Å². The largest absolute Gasteiger partial charge is 0.389 e. The third-order valence-electron chi connectivity index (χ3n) is 2.77. The van der Waals surface area contributed by atoms with E-state index >= 15 is 0 Å². The zero-order chi connectivity index (χ0) is 15.2. The van der Waals surface area contributed by atoms with Crippen LogP contribution in [0.5, 0.6) is 0 Å². The van der Waals surface area contributed by atoms with Crippen LogP contribution in [0.4, 0.5) is 4.39 Å². The summed E-state index contributed by atoms with van der Waals surface area (Å²) in [5.41, 5.74) is 12.7. The second-order valence-corrected chi connectivity index (χ2v) is 4.32. The van der Waals surface area contributed by atoms with Crippen LogP contribution >= 0.6 is 0 Å². The highest BCUT2D eigenvalue weighted by Crippen LogP contribution is 2.06. The van der Waals surface area contributed by atoms with Crippen molar-refractivity contribution in [1.82, 2.24) is 0 Å². The standard InChI is InChI=1S/C15H14FN3O2/c16-13-7-5-11(6-8-13)14(17)19-21-9-10-1-3-12(4-2-10)15(18)20/h1-8H,9H2,(H2,17,19)(H2,18,20). The smallest absolute Gasteiger partial charge is 0.248 e. The zero-order valence-electron chi connectivity index (χ0n) is 11.1. The SMILES string of the molecule is NC(=O)c1ccc(CO/N=C(\N)c2ccc(F)cc2)cc1. The molecule has 6 heteroatoms. The lowest BCUT2D eigenvalue weighted by Gasteiger charge is -2.03. The summed E-state index contributed by atoms with van der Waals surface area (Å²) in [6.45, 7) is 0.195. The average Bonchev–Trinajstić information content (AvgIpc) is 2.48. The molecular weight excluding hydrogens is 273 g/mol. The molecule has 21 heavy (non-hydrogen) atoms. The van der Waals surface area contributed by atoms with Crippen LogP contribution in [0.15, 0.2) is 53.7 Å². The molecule has 0 aliphatic carbocycles. The lowest BCUT2D eigenvalue weighted by atomic mass is 10.1. The van der Waals surface area contributed by atoms with Crippen molar-refractivity contribution in [2.24, 2.45) is 16.6 Å². The van der Waals surface area contributed by atoms with Crippen LogP contribution in [0.1, 0.15) is 21.5 Å². The van der Waals surface area contributed by atoms with E-state index < -0.39 is 5.91 Å². The number of amides is 1. The molecule has 0 aromatic heterocycles. The molecule has 2 rings (SSSR count). The molecule has 0 atom stereocenters. The molecule has 2 aromatic carbocycles. The van der Waals surface area contributed by atoms with Crippen LogP contribution in [-0.4, -0.2) is 11.7 Å². The number of hydrogen-bond donors (Lipinski definition) is 2. The number of carbonyl (C=O) groups is 1. The molecule has 0 fully saturated rings. The van der Waals surface area contributed by atoms with Gasteiger partial charge in [-0.25, -0.2) is 4.39 Å². The maximum Gasteiger partial charge on any atom is 0.248 e. The fraction of sp³-hybridized carbons (Fsp3) is 0.0667. The Morgan fingerprint density at radius 3 is 2.14 bits per heavy atom. The van der Waals surface area contributed by atoms with Gasteiger partial charge in [-0.05, 0) is 42.0 Å². The van der Waals surface area contributed by atoms with Crippen LogP contribution in [-0.2, 0) is 11.4 Å². The van der Waals surface area contributed by atoms with E-state index in [-0.39, 0.29) is 18.3 Å². The fourth-order valence-electron chi connectivity index (χ4n) is 1.61. The lowest BCUT2D eigenvalue weighted by Crippen LogP contribution is -2.13. The molecule has 0 aliphatic rings. The number of halogens is 1. The molecule has 0 heterocycles. The van der Waals surface area contributed by atoms with Gasteiger partial charge in [0.05, 0.1) is 0 Å². The van der Waals surface area contributed by atoms with Crippen molar-refractivity contribution in [2.75, 3.05) is 0 Å². The van der Waals surface area contributed by atoms with Gasteiger partial charge in [0.1, 0.15) is 12.4 Å². The number of nitrogens with two attached hydrogens (primary N) is 2. The van der Waals surface area contributed by atoms with E-state index in [9.17, 15) is 9.18 Å². The van der Waals surface area contributed by atoms with Gasteiger partial charge >= 0.3 is 0 Å². The molecule has 0 unspecified atom stereocenters. The van der Waals surface area contributed by atoms with Gasteiger partial charge in [-0.1, -0.05) is 17.3 Å². The van der Waals surface area contributed by atoms with Gasteiger partial charge in [-0.2, -0.15) is 0 Å². The Hall–Kier alpha value is -2.89. The summed E-state index contributed by atoms with van der Waals surface area (Å²) < 4.78 is 12.8. The summed E-state index contributed by atoms with van der Waals surface area (Å²) in [7, 11) is 0. The van der Waals surface area contributed by atoms with E-state index in [0.29, 0.717) is 11.1 Å². The van der Waals surface area contributed by atoms with Gasteiger partial charge < -0.3 is 16.3 Å². The Morgan fingerprint density at radius 2 is 1.57 bits per heavy atom. The first-order chi connectivity index (χ1) is 10.1. The van der Waals surface area contributed by atoms with E-state index in [0.717, 1.165) is 5.56 Å². The number of rotatable bonds is 5. The van der Waals surface area contributed by atoms with E-state index in [1.165, 1.54) is 24.3 Å². The van der Waals surface area contributed by atoms with Crippen LogP contribution in [0.3, 0.4) is 0 Å². The number of hydrogen-bond acceptors (Lipinski definition) is 3. The van der Waals surface area contributed by atoms with Crippen LogP contribution in [0, 0.1) is 5.82 Å². The second kappa shape index (κ2) is 6.51. The highest BCUT2D eigenvalue weighted by atomic mass is 19.1. The van der Waals surface area contributed by atoms with Gasteiger partial charge in [0.15, 0.2) is 5.84 Å². The molecule has 0 saturated heterocycles. The van der Waals surface area contributed by atoms with Crippen LogP contribution in [0.25, 0.3) is 0 Å². The molecular formula is C15H14FN3O2. The molecule has 0 spiro atoms. The molecule has 4 N–H and O–H groups in total. The van der Waals surface area contributed by atoms with Crippen LogP contribution in [0.2, 0.25) is 0 Å². The molecule has 1 amide bonds. The Balaban J connectivity index is 1.95. The van der Waals surface area contributed by atoms with E-state index in [2.05, 4.69) is 5.16 Å². The highest BCUT2D eigenvalue weighted by Gasteiger charge is 2.01. The monoisotopic (exact) mass is 287 g/mol. The first-order valence-electron chi connectivity index (χ1n) is 6.16. The van der Waals surface area contributed by atoms with Crippen molar-refractivity contribution in [1.29, 1.82) is 0 Å². The molecule has 0 radical (unpaired) electrons. The van der Waals surface area contributed by atoms with Gasteiger partial charge in [-0.15, -0.1) is 0 Å². The molecule has 0 bridgehead atoms. The van der Waals surface area contributed by atoms with E-state index in [1.54, 1.807) is 24.3 Å². The molecule has 0 aliphatic heterocycles. The number of amidine groups is 1. The fourth-order valence-corrected chi connectivity index (χ4v) is 1.61. The Morgan fingerprint density at radius 1 is 1.00 bits per heavy atom. The highest BCUT2D eigenvalue weighted by molar-refractivity contribution is 5.97. The Kier molecular flexibility index (Phi) is 4.50. The van der Waals surface area contributed by atoms with Crippen molar-refractivity contribution in [3.63, 3.8) is 0 Å². The predicted octanol–water partition coefficient (Wildman–Crippen LogP) is 1.76. The molecule has 2 aromatic rings. The number of primary amides is 1. The Labute approximate surface area is 121 Å². The van der Waals surface area contributed by atoms with Gasteiger partial charge in [0, 0.05) is 11.1 Å². The summed E-state index contributed by atoms with van der Waals surface area (Å²) >= 11 is 0. The van der Waals surface area contributed by atoms with Gasteiger partial charge in [-0.3, -0.25) is 4.79 Å². The summed E-state index contributed by atoms with van der Waals surface area (Å²) in [6, 6.07) is 12.2. The maximum absolute atomic E-state index is 12.8. The number of nitrogens with zero attached hydrogens (tertiary/aromatic N) is 1. The van der Waals surface area contributed by atoms with Crippen LogP contribution < -0.4 is 11.5 Å². The Bertz CT molecular complexity index is 652. The molecule has 108 valence electrons. The minimum atomic E-state index is -0.485. The van der Waals surface area contributed by atoms with Gasteiger partial charge in [0.25, 0.3) is 0 Å². The minimum absolute atomic E-state index is 0.156. The first kappa shape index (κ1) is 14.5. The van der Waals surface area contributed by atoms with Crippen molar-refractivity contribution in [2.45, 2.75) is 6.61 Å². The minimum Gasteiger partial charge on any atom is -0.389 e. The summed E-state index contributed by atoms with van der Waals surface area (Å²) in [5.74, 6) is -0.674. The third-order valence-corrected chi connectivity index (χ3v) is 2.77. The quantitative estimate of drug-likeness (QED) is 0.498. The molecule has 5 nitrogen and oxygen atoms in total. The summed E-state index contributed by atoms with van der Waals surface area (Å²) in [4.78, 5) is 16.0. The summed E-state index contributed by atoms with van der Waals surface area (Å²) in [5, 5.41) is 3.76. The molecule has 0 saturated carbocycles. The lowest BCUT2D eigenvalue weighted by molar-refractivity contribution is 0.1000. The second-order valence-electron chi connectivity index (χ2n) is 4.32. The van der Waals surface area contributed by atoms with Crippen molar-refractivity contribution in [3.05, 3.63) is 71.0 Å². The van der Waals surface area contributed by atoms with Crippen molar-refractivity contribution in [3.8, 4) is 0 Å². The van der Waals surface area contributed by atoms with Gasteiger partial charge in [0.2, 0.25) is 5.91 Å². The van der Waals surface area contributed by atoms with E-state index in [1.807, 2.05) is 0 Å². The first-order valence-corrected chi connectivity index (χ1v) is 6.16. The maximum atomic E-state index is 12.8.